The molecule has 0 aromatic carbocycles. The number of hydrogen-bond acceptors (Lipinski definition) is 10. The van der Waals surface area contributed by atoms with Gasteiger partial charge in [-0.25, -0.2) is 0 Å². The maximum atomic E-state index is 10.2. The molecule has 0 bridgehead atoms. The van der Waals surface area contributed by atoms with Crippen molar-refractivity contribution in [3.8, 4) is 0 Å². The normalized spacial score (nSPS) is 10.6. The van der Waals surface area contributed by atoms with Gasteiger partial charge in [0.15, 0.2) is 0 Å². The fraction of sp³-hybridized carbons (Fsp3) is 0.944. The first-order valence-electron chi connectivity index (χ1n) is 44.8. The Bertz CT molecular complexity index is 1280. The standard InChI is InChI=1S/5C18H36O2.Na.Zr/c5*1-2-3-4-5-6-7-8-9-10-11-12-13-14-15-16-17-18(19)20;;/h5*2-17H2,1H3,(H,19,20);;/q;;;;;+1;+4/p-5. The van der Waals surface area contributed by atoms with Gasteiger partial charge in [0.2, 0.25) is 0 Å². The molecule has 0 heterocycles. The Labute approximate surface area is 678 Å². The van der Waals surface area contributed by atoms with Gasteiger partial charge in [0, 0.05) is 29.8 Å². The predicted octanol–water partition coefficient (Wildman–Crippen LogP) is 22.0. The Balaban J connectivity index is -0.000000220. The van der Waals surface area contributed by atoms with E-state index in [1.54, 1.807) is 0 Å². The van der Waals surface area contributed by atoms with Gasteiger partial charge >= 0.3 is 55.8 Å². The number of carbonyl (C=O) groups excluding carboxylic acids is 5. The van der Waals surface area contributed by atoms with Gasteiger partial charge in [0.1, 0.15) is 0 Å². The molecule has 10 nitrogen and oxygen atoms in total. The van der Waals surface area contributed by atoms with Crippen molar-refractivity contribution in [3.05, 3.63) is 0 Å². The number of aliphatic carboxylic acids is 5. The number of carboxylic acids is 5. The van der Waals surface area contributed by atoms with Crippen LogP contribution in [0.2, 0.25) is 0 Å². The van der Waals surface area contributed by atoms with Crippen LogP contribution < -0.4 is 55.1 Å². The van der Waals surface area contributed by atoms with E-state index in [-0.39, 0.29) is 87.9 Å². The minimum atomic E-state index is -0.903. The maximum Gasteiger partial charge on any atom is 4.00 e. The number of carboxylic acid groups (broad SMARTS) is 5. The second-order valence-electron chi connectivity index (χ2n) is 30.4. The van der Waals surface area contributed by atoms with Gasteiger partial charge in [-0.2, -0.15) is 0 Å². The van der Waals surface area contributed by atoms with Crippen molar-refractivity contribution in [3.63, 3.8) is 0 Å². The minimum Gasteiger partial charge on any atom is -0.550 e. The van der Waals surface area contributed by atoms with Crippen LogP contribution in [0.1, 0.15) is 548 Å². The molecule has 12 heteroatoms. The van der Waals surface area contributed by atoms with Crippen LogP contribution in [0.3, 0.4) is 0 Å². The van der Waals surface area contributed by atoms with Crippen molar-refractivity contribution in [2.24, 2.45) is 0 Å². The third-order valence-corrected chi connectivity index (χ3v) is 19.9. The van der Waals surface area contributed by atoms with Gasteiger partial charge in [-0.3, -0.25) is 0 Å². The molecule has 0 N–H and O–H groups in total. The average molecular weight is 1530 g/mol. The first-order chi connectivity index (χ1) is 48.9. The second-order valence-corrected chi connectivity index (χ2v) is 30.4. The first-order valence-corrected chi connectivity index (χ1v) is 44.8. The molecule has 0 unspecified atom stereocenters. The molecule has 0 atom stereocenters. The van der Waals surface area contributed by atoms with Crippen molar-refractivity contribution in [2.45, 2.75) is 548 Å². The molecular weight excluding hydrogens is 1360 g/mol. The van der Waals surface area contributed by atoms with E-state index in [0.29, 0.717) is 0 Å². The number of rotatable bonds is 80. The van der Waals surface area contributed by atoms with Gasteiger partial charge in [0.25, 0.3) is 0 Å². The third kappa shape index (κ3) is 135. The topological polar surface area (TPSA) is 201 Å². The van der Waals surface area contributed by atoms with Crippen LogP contribution in [-0.2, 0) is 50.2 Å². The van der Waals surface area contributed by atoms with Gasteiger partial charge in [-0.15, -0.1) is 0 Å². The SMILES string of the molecule is CCCCCCCCCCCCCCCCCC(=O)[O-].CCCCCCCCCCCCCCCCCC(=O)[O-].CCCCCCCCCCCCCCCCCC(=O)[O-].CCCCCCCCCCCCCCCCCC(=O)[O-].CCCCCCCCCCCCCCCCCC(=O)[O-].[Na+].[Zr+4]. The summed E-state index contributed by atoms with van der Waals surface area (Å²) in [6.07, 6.45) is 99.3. The molecule has 0 fully saturated rings. The zero-order chi connectivity index (χ0) is 74.5. The van der Waals surface area contributed by atoms with Crippen molar-refractivity contribution in [1.82, 2.24) is 0 Å². The average Bonchev–Trinajstić information content (AvgIpc) is 3.77. The van der Waals surface area contributed by atoms with Gasteiger partial charge in [0.05, 0.1) is 0 Å². The summed E-state index contributed by atoms with van der Waals surface area (Å²) in [6.45, 7) is 11.3. The summed E-state index contributed by atoms with van der Waals surface area (Å²) in [5.41, 5.74) is 0. The molecule has 0 aliphatic rings. The zero-order valence-electron chi connectivity index (χ0n) is 69.7. The van der Waals surface area contributed by atoms with Gasteiger partial charge < -0.3 is 49.5 Å². The van der Waals surface area contributed by atoms with Crippen LogP contribution in [0.15, 0.2) is 0 Å². The maximum absolute atomic E-state index is 10.2. The van der Waals surface area contributed by atoms with Crippen LogP contribution in [0, 0.1) is 0 Å². The fourth-order valence-corrected chi connectivity index (χ4v) is 13.2. The Kier molecular flexibility index (Phi) is 125. The summed E-state index contributed by atoms with van der Waals surface area (Å²) in [4.78, 5) is 51.1. The number of carbonyl (C=O) groups is 5. The van der Waals surface area contributed by atoms with Crippen LogP contribution in [0.4, 0.5) is 0 Å². The monoisotopic (exact) mass is 1530 g/mol. The molecule has 0 aromatic heterocycles. The van der Waals surface area contributed by atoms with Crippen LogP contribution in [0.5, 0.6) is 0 Å². The summed E-state index contributed by atoms with van der Waals surface area (Å²) in [5, 5.41) is 51.1. The van der Waals surface area contributed by atoms with E-state index in [0.717, 1.165) is 64.2 Å². The summed E-state index contributed by atoms with van der Waals surface area (Å²) >= 11 is 0. The molecule has 0 radical (unpaired) electrons. The third-order valence-electron chi connectivity index (χ3n) is 19.9. The van der Waals surface area contributed by atoms with E-state index < -0.39 is 29.8 Å². The van der Waals surface area contributed by atoms with Crippen LogP contribution in [0.25, 0.3) is 0 Å². The van der Waals surface area contributed by atoms with E-state index in [4.69, 9.17) is 0 Å². The van der Waals surface area contributed by atoms with Gasteiger partial charge in [-0.05, 0) is 64.2 Å². The molecule has 0 aromatic rings. The quantitative estimate of drug-likeness (QED) is 0.0417. The molecule has 0 aliphatic carbocycles. The van der Waals surface area contributed by atoms with Crippen LogP contribution in [-0.4, -0.2) is 29.8 Å². The van der Waals surface area contributed by atoms with E-state index in [1.807, 2.05) is 0 Å². The van der Waals surface area contributed by atoms with Crippen LogP contribution >= 0.6 is 0 Å². The Hall–Kier alpha value is -0.767. The summed E-state index contributed by atoms with van der Waals surface area (Å²) in [6, 6.07) is 0. The zero-order valence-corrected chi connectivity index (χ0v) is 74.1. The van der Waals surface area contributed by atoms with E-state index >= 15 is 0 Å². The summed E-state index contributed by atoms with van der Waals surface area (Å²) in [5.74, 6) is -4.52. The fourth-order valence-electron chi connectivity index (χ4n) is 13.2. The van der Waals surface area contributed by atoms with E-state index in [9.17, 15) is 49.5 Å². The number of hydrogen-bond donors (Lipinski definition) is 0. The molecule has 0 rings (SSSR count). The van der Waals surface area contributed by atoms with Gasteiger partial charge in [-0.1, -0.05) is 484 Å². The molecule has 0 aliphatic heterocycles. The molecule has 0 spiro atoms. The summed E-state index contributed by atoms with van der Waals surface area (Å²) < 4.78 is 0. The molecule has 0 saturated carbocycles. The first kappa shape index (κ1) is 115. The Morgan fingerprint density at radius 3 is 0.255 bits per heavy atom. The van der Waals surface area contributed by atoms with Crippen molar-refractivity contribution >= 4 is 29.8 Å². The van der Waals surface area contributed by atoms with Crippen molar-refractivity contribution in [1.29, 1.82) is 0 Å². The molecule has 0 amide bonds. The Morgan fingerprint density at radius 2 is 0.196 bits per heavy atom. The predicted molar refractivity (Wildman–Crippen MR) is 423 cm³/mol. The molecule has 600 valence electrons. The van der Waals surface area contributed by atoms with E-state index in [2.05, 4.69) is 34.6 Å². The smallest absolute Gasteiger partial charge is 0.550 e. The summed E-state index contributed by atoms with van der Waals surface area (Å²) in [7, 11) is 0. The molecule has 0 saturated heterocycles. The molecule has 102 heavy (non-hydrogen) atoms. The Morgan fingerprint density at radius 1 is 0.137 bits per heavy atom. The van der Waals surface area contributed by atoms with Crippen molar-refractivity contribution in [2.75, 3.05) is 0 Å². The largest absolute Gasteiger partial charge is 4.00 e. The minimum absolute atomic E-state index is 0. The van der Waals surface area contributed by atoms with E-state index in [1.165, 1.54) is 417 Å². The molecular formula is C90H175NaO10Zr. The second kappa shape index (κ2) is 111. The van der Waals surface area contributed by atoms with Crippen molar-refractivity contribution < 1.29 is 105 Å². The number of unbranched alkanes of at least 4 members (excludes halogenated alkanes) is 70.